The summed E-state index contributed by atoms with van der Waals surface area (Å²) in [6.45, 7) is 5.35. The molecule has 2 aliphatic rings. The molecule has 10 nitrogen and oxygen atoms in total. The standard InChI is InChI=1S/C21H25N3O7S/c1-12(25)22-21-24(23(13(2)26)14(3)27)18-17(32-21)11-30-20(19(18)31-15(4)28)29-10-16-8-6-5-7-9-16/h5-9,17-20H,10-11H2,1-4H3/t17-,18-,19+,20-/m0/s1. The molecule has 4 atom stereocenters. The Balaban J connectivity index is 1.97. The summed E-state index contributed by atoms with van der Waals surface area (Å²) in [7, 11) is 0. The topological polar surface area (TPSA) is 115 Å². The largest absolute Gasteiger partial charge is 0.455 e. The van der Waals surface area contributed by atoms with Crippen LogP contribution in [0.2, 0.25) is 0 Å². The lowest BCUT2D eigenvalue weighted by atomic mass is 10.0. The third kappa shape index (κ3) is 5.34. The van der Waals surface area contributed by atoms with Gasteiger partial charge in [-0.2, -0.15) is 10.0 Å². The molecule has 0 unspecified atom stereocenters. The van der Waals surface area contributed by atoms with Crippen LogP contribution in [0.3, 0.4) is 0 Å². The molecular formula is C21H25N3O7S. The molecule has 1 aromatic carbocycles. The molecule has 2 fully saturated rings. The van der Waals surface area contributed by atoms with Gasteiger partial charge < -0.3 is 14.2 Å². The third-order valence-corrected chi connectivity index (χ3v) is 5.98. The van der Waals surface area contributed by atoms with Gasteiger partial charge in [0.1, 0.15) is 6.04 Å². The number of ether oxygens (including phenoxy) is 3. The maximum atomic E-state index is 12.3. The van der Waals surface area contributed by atoms with Crippen molar-refractivity contribution in [3.05, 3.63) is 35.9 Å². The Labute approximate surface area is 189 Å². The number of fused-ring (bicyclic) bond motifs is 1. The number of carbonyl (C=O) groups excluding carboxylic acids is 4. The molecule has 2 aliphatic heterocycles. The highest BCUT2D eigenvalue weighted by Gasteiger charge is 2.55. The lowest BCUT2D eigenvalue weighted by Gasteiger charge is -2.43. The number of rotatable bonds is 5. The van der Waals surface area contributed by atoms with Crippen LogP contribution >= 0.6 is 11.8 Å². The number of amides is 3. The van der Waals surface area contributed by atoms with Crippen molar-refractivity contribution >= 4 is 40.6 Å². The molecule has 0 N–H and O–H groups in total. The number of hydrogen-bond donors (Lipinski definition) is 0. The molecule has 11 heteroatoms. The first kappa shape index (κ1) is 23.9. The number of aliphatic imine (C=N–C) groups is 1. The Bertz CT molecular complexity index is 909. The SMILES string of the molecule is CC(=O)N=C1S[C@H]2CO[C@H](OCc3ccccc3)[C@H](OC(C)=O)[C@H]2N1N(C(C)=O)C(C)=O. The minimum Gasteiger partial charge on any atom is -0.455 e. The maximum absolute atomic E-state index is 12.3. The van der Waals surface area contributed by atoms with E-state index in [0.29, 0.717) is 0 Å². The molecule has 2 saturated heterocycles. The number of amidine groups is 1. The van der Waals surface area contributed by atoms with Gasteiger partial charge in [0.25, 0.3) is 0 Å². The Morgan fingerprint density at radius 2 is 1.78 bits per heavy atom. The molecule has 3 amide bonds. The zero-order chi connectivity index (χ0) is 23.4. The van der Waals surface area contributed by atoms with E-state index in [4.69, 9.17) is 14.2 Å². The number of carbonyl (C=O) groups is 4. The van der Waals surface area contributed by atoms with Crippen LogP contribution in [0.25, 0.3) is 0 Å². The van der Waals surface area contributed by atoms with Crippen LogP contribution in [0.1, 0.15) is 33.3 Å². The normalized spacial score (nSPS) is 25.9. The predicted octanol–water partition coefficient (Wildman–Crippen LogP) is 1.49. The summed E-state index contributed by atoms with van der Waals surface area (Å²) in [6, 6.07) is 8.68. The van der Waals surface area contributed by atoms with Crippen molar-refractivity contribution in [2.75, 3.05) is 6.61 Å². The van der Waals surface area contributed by atoms with Gasteiger partial charge in [0.15, 0.2) is 17.6 Å². The highest BCUT2D eigenvalue weighted by Crippen LogP contribution is 2.40. The summed E-state index contributed by atoms with van der Waals surface area (Å²) < 4.78 is 17.3. The quantitative estimate of drug-likeness (QED) is 0.599. The number of esters is 1. The van der Waals surface area contributed by atoms with Gasteiger partial charge in [0.2, 0.25) is 17.7 Å². The summed E-state index contributed by atoms with van der Waals surface area (Å²) in [4.78, 5) is 52.3. The van der Waals surface area contributed by atoms with E-state index < -0.39 is 42.1 Å². The summed E-state index contributed by atoms with van der Waals surface area (Å²) in [5.74, 6) is -2.20. The molecule has 0 spiro atoms. The van der Waals surface area contributed by atoms with Gasteiger partial charge in [-0.1, -0.05) is 42.1 Å². The maximum Gasteiger partial charge on any atom is 0.303 e. The molecule has 0 aromatic heterocycles. The minimum absolute atomic E-state index is 0.155. The average molecular weight is 464 g/mol. The fraction of sp³-hybridized carbons (Fsp3) is 0.476. The predicted molar refractivity (Wildman–Crippen MR) is 115 cm³/mol. The number of hydrazine groups is 1. The molecule has 0 bridgehead atoms. The average Bonchev–Trinajstić information content (AvgIpc) is 3.04. The van der Waals surface area contributed by atoms with Gasteiger partial charge in [-0.05, 0) is 5.56 Å². The Hall–Kier alpha value is -2.76. The molecule has 0 radical (unpaired) electrons. The van der Waals surface area contributed by atoms with E-state index in [2.05, 4.69) is 4.99 Å². The summed E-state index contributed by atoms with van der Waals surface area (Å²) in [5.41, 5.74) is 0.894. The van der Waals surface area contributed by atoms with Gasteiger partial charge in [-0.15, -0.1) is 0 Å². The van der Waals surface area contributed by atoms with E-state index in [1.807, 2.05) is 30.3 Å². The van der Waals surface area contributed by atoms with Crippen LogP contribution in [0, 0.1) is 0 Å². The second kappa shape index (κ2) is 10.2. The van der Waals surface area contributed by atoms with E-state index in [1.54, 1.807) is 0 Å². The van der Waals surface area contributed by atoms with Crippen molar-refractivity contribution in [3.63, 3.8) is 0 Å². The van der Waals surface area contributed by atoms with Crippen LogP contribution in [-0.2, 0) is 40.0 Å². The summed E-state index contributed by atoms with van der Waals surface area (Å²) >= 11 is 1.18. The molecule has 1 aromatic rings. The van der Waals surface area contributed by atoms with Crippen LogP contribution in [0.5, 0.6) is 0 Å². The van der Waals surface area contributed by atoms with Crippen molar-refractivity contribution in [2.45, 2.75) is 58.0 Å². The Morgan fingerprint density at radius 3 is 2.34 bits per heavy atom. The first-order chi connectivity index (χ1) is 15.2. The number of benzene rings is 1. The van der Waals surface area contributed by atoms with Gasteiger partial charge in [0.05, 0.1) is 18.5 Å². The van der Waals surface area contributed by atoms with Gasteiger partial charge in [-0.3, -0.25) is 19.2 Å². The van der Waals surface area contributed by atoms with Crippen molar-refractivity contribution in [3.8, 4) is 0 Å². The van der Waals surface area contributed by atoms with Gasteiger partial charge >= 0.3 is 5.97 Å². The van der Waals surface area contributed by atoms with E-state index in [1.165, 1.54) is 44.5 Å². The van der Waals surface area contributed by atoms with E-state index in [9.17, 15) is 19.2 Å². The van der Waals surface area contributed by atoms with Gasteiger partial charge in [0, 0.05) is 27.7 Å². The minimum atomic E-state index is -0.983. The lowest BCUT2D eigenvalue weighted by Crippen LogP contribution is -2.63. The van der Waals surface area contributed by atoms with Crippen molar-refractivity contribution in [1.29, 1.82) is 0 Å². The van der Waals surface area contributed by atoms with Crippen molar-refractivity contribution in [2.24, 2.45) is 4.99 Å². The second-order valence-electron chi connectivity index (χ2n) is 7.33. The molecule has 2 heterocycles. The van der Waals surface area contributed by atoms with Crippen LogP contribution < -0.4 is 0 Å². The van der Waals surface area contributed by atoms with E-state index in [-0.39, 0.29) is 23.6 Å². The number of thioether (sulfide) groups is 1. The third-order valence-electron chi connectivity index (χ3n) is 4.77. The smallest absolute Gasteiger partial charge is 0.303 e. The van der Waals surface area contributed by atoms with Crippen molar-refractivity contribution < 1.29 is 33.4 Å². The highest BCUT2D eigenvalue weighted by atomic mass is 32.2. The molecular weight excluding hydrogens is 438 g/mol. The Kier molecular flexibility index (Phi) is 7.64. The fourth-order valence-electron chi connectivity index (χ4n) is 3.64. The van der Waals surface area contributed by atoms with E-state index in [0.717, 1.165) is 10.6 Å². The van der Waals surface area contributed by atoms with Crippen LogP contribution in [0.4, 0.5) is 0 Å². The fourth-order valence-corrected chi connectivity index (χ4v) is 4.96. The number of nitrogens with zero attached hydrogens (tertiary/aromatic N) is 3. The molecule has 0 saturated carbocycles. The first-order valence-corrected chi connectivity index (χ1v) is 10.9. The molecule has 172 valence electrons. The molecule has 32 heavy (non-hydrogen) atoms. The highest BCUT2D eigenvalue weighted by molar-refractivity contribution is 8.14. The lowest BCUT2D eigenvalue weighted by molar-refractivity contribution is -0.247. The summed E-state index contributed by atoms with van der Waals surface area (Å²) in [5, 5.41) is 2.02. The monoisotopic (exact) mass is 463 g/mol. The zero-order valence-corrected chi connectivity index (χ0v) is 19.0. The number of hydrogen-bond acceptors (Lipinski definition) is 8. The van der Waals surface area contributed by atoms with Crippen LogP contribution in [0.15, 0.2) is 35.3 Å². The van der Waals surface area contributed by atoms with Crippen LogP contribution in [-0.4, -0.2) is 69.2 Å². The summed E-state index contributed by atoms with van der Waals surface area (Å²) in [6.07, 6.45) is -1.94. The number of imide groups is 1. The molecule has 0 aliphatic carbocycles. The zero-order valence-electron chi connectivity index (χ0n) is 18.2. The molecule has 3 rings (SSSR count). The van der Waals surface area contributed by atoms with Crippen molar-refractivity contribution in [1.82, 2.24) is 10.0 Å². The second-order valence-corrected chi connectivity index (χ2v) is 8.53. The first-order valence-electron chi connectivity index (χ1n) is 9.99. The Morgan fingerprint density at radius 1 is 1.12 bits per heavy atom. The van der Waals surface area contributed by atoms with E-state index >= 15 is 0 Å². The van der Waals surface area contributed by atoms with Gasteiger partial charge in [-0.25, -0.2) is 5.01 Å².